The molecule has 0 bridgehead atoms. The molecule has 1 aromatic rings. The van der Waals surface area contributed by atoms with Gasteiger partial charge in [0.2, 0.25) is 5.91 Å². The lowest BCUT2D eigenvalue weighted by molar-refractivity contribution is -0.122. The van der Waals surface area contributed by atoms with Gasteiger partial charge >= 0.3 is 0 Å². The van der Waals surface area contributed by atoms with Crippen molar-refractivity contribution in [2.75, 3.05) is 39.8 Å². The fraction of sp³-hybridized carbons (Fsp3) is 0.562. The van der Waals surface area contributed by atoms with Crippen molar-refractivity contribution in [2.24, 2.45) is 0 Å². The van der Waals surface area contributed by atoms with Gasteiger partial charge in [0.15, 0.2) is 0 Å². The van der Waals surface area contributed by atoms with Crippen LogP contribution in [0.3, 0.4) is 0 Å². The SMILES string of the molecule is COc1ccccc1CCNC(=O)CN1CCNC[C@@H]1C.Cl. The molecule has 2 N–H and O–H groups in total. The number of halogens is 1. The number of hydrogen-bond acceptors (Lipinski definition) is 4. The molecule has 22 heavy (non-hydrogen) atoms. The predicted octanol–water partition coefficient (Wildman–Crippen LogP) is 1.07. The highest BCUT2D eigenvalue weighted by atomic mass is 35.5. The summed E-state index contributed by atoms with van der Waals surface area (Å²) < 4.78 is 5.31. The lowest BCUT2D eigenvalue weighted by Gasteiger charge is -2.33. The zero-order chi connectivity index (χ0) is 15.1. The first-order chi connectivity index (χ1) is 10.2. The molecule has 2 rings (SSSR count). The molecule has 1 aliphatic heterocycles. The normalized spacial score (nSPS) is 18.4. The van der Waals surface area contributed by atoms with E-state index in [4.69, 9.17) is 4.74 Å². The van der Waals surface area contributed by atoms with Crippen molar-refractivity contribution in [3.8, 4) is 5.75 Å². The second kappa shape index (κ2) is 9.66. The topological polar surface area (TPSA) is 53.6 Å². The summed E-state index contributed by atoms with van der Waals surface area (Å²) in [6.07, 6.45) is 0.785. The van der Waals surface area contributed by atoms with Gasteiger partial charge in [0.05, 0.1) is 13.7 Å². The van der Waals surface area contributed by atoms with Crippen LogP contribution in [0.1, 0.15) is 12.5 Å². The Bertz CT molecular complexity index is 470. The van der Waals surface area contributed by atoms with E-state index in [-0.39, 0.29) is 18.3 Å². The van der Waals surface area contributed by atoms with E-state index in [1.807, 2.05) is 24.3 Å². The van der Waals surface area contributed by atoms with E-state index in [1.165, 1.54) is 0 Å². The molecule has 1 aromatic carbocycles. The number of carbonyl (C=O) groups is 1. The van der Waals surface area contributed by atoms with Crippen LogP contribution in [0, 0.1) is 0 Å². The van der Waals surface area contributed by atoms with Gasteiger partial charge in [0, 0.05) is 32.2 Å². The summed E-state index contributed by atoms with van der Waals surface area (Å²) in [6, 6.07) is 8.33. The largest absolute Gasteiger partial charge is 0.496 e. The predicted molar refractivity (Wildman–Crippen MR) is 90.9 cm³/mol. The van der Waals surface area contributed by atoms with Crippen LogP contribution in [0.4, 0.5) is 0 Å². The minimum atomic E-state index is 0. The van der Waals surface area contributed by atoms with Crippen LogP contribution in [-0.2, 0) is 11.2 Å². The Morgan fingerprint density at radius 2 is 2.23 bits per heavy atom. The second-order valence-corrected chi connectivity index (χ2v) is 5.44. The zero-order valence-corrected chi connectivity index (χ0v) is 14.1. The monoisotopic (exact) mass is 327 g/mol. The van der Waals surface area contributed by atoms with Gasteiger partial charge in [0.1, 0.15) is 5.75 Å². The first-order valence-electron chi connectivity index (χ1n) is 7.54. The van der Waals surface area contributed by atoms with Crippen LogP contribution in [0.25, 0.3) is 0 Å². The first kappa shape index (κ1) is 18.7. The lowest BCUT2D eigenvalue weighted by atomic mass is 10.1. The molecule has 5 nitrogen and oxygen atoms in total. The van der Waals surface area contributed by atoms with E-state index in [0.717, 1.165) is 37.4 Å². The van der Waals surface area contributed by atoms with Gasteiger partial charge in [-0.3, -0.25) is 9.69 Å². The number of nitrogens with zero attached hydrogens (tertiary/aromatic N) is 1. The molecule has 1 heterocycles. The van der Waals surface area contributed by atoms with Gasteiger partial charge in [-0.15, -0.1) is 12.4 Å². The van der Waals surface area contributed by atoms with Crippen LogP contribution in [-0.4, -0.2) is 56.7 Å². The molecule has 1 fully saturated rings. The molecule has 0 aliphatic carbocycles. The van der Waals surface area contributed by atoms with Crippen molar-refractivity contribution in [3.63, 3.8) is 0 Å². The van der Waals surface area contributed by atoms with Gasteiger partial charge in [-0.2, -0.15) is 0 Å². The molecule has 0 saturated carbocycles. The molecule has 0 radical (unpaired) electrons. The average Bonchev–Trinajstić information content (AvgIpc) is 2.50. The summed E-state index contributed by atoms with van der Waals surface area (Å²) in [4.78, 5) is 14.2. The highest BCUT2D eigenvalue weighted by Gasteiger charge is 2.19. The smallest absolute Gasteiger partial charge is 0.234 e. The maximum absolute atomic E-state index is 12.0. The Morgan fingerprint density at radius 3 is 2.95 bits per heavy atom. The van der Waals surface area contributed by atoms with Gasteiger partial charge < -0.3 is 15.4 Å². The molecular weight excluding hydrogens is 302 g/mol. The number of benzene rings is 1. The first-order valence-corrected chi connectivity index (χ1v) is 7.54. The molecule has 0 aromatic heterocycles. The standard InChI is InChI=1S/C16H25N3O2.ClH/c1-13-11-17-9-10-19(13)12-16(20)18-8-7-14-5-3-4-6-15(14)21-2;/h3-6,13,17H,7-12H2,1-2H3,(H,18,20);1H/t13-;/m0./s1. The quantitative estimate of drug-likeness (QED) is 0.820. The Morgan fingerprint density at radius 1 is 1.45 bits per heavy atom. The maximum Gasteiger partial charge on any atom is 0.234 e. The molecule has 1 aliphatic rings. The van der Waals surface area contributed by atoms with E-state index in [2.05, 4.69) is 22.5 Å². The van der Waals surface area contributed by atoms with Crippen molar-refractivity contribution in [1.29, 1.82) is 0 Å². The molecule has 0 unspecified atom stereocenters. The Hall–Kier alpha value is -1.30. The molecule has 0 spiro atoms. The van der Waals surface area contributed by atoms with Crippen molar-refractivity contribution < 1.29 is 9.53 Å². The molecule has 1 saturated heterocycles. The fourth-order valence-corrected chi connectivity index (χ4v) is 2.60. The third-order valence-electron chi connectivity index (χ3n) is 3.89. The number of piperazine rings is 1. The fourth-order valence-electron chi connectivity index (χ4n) is 2.60. The number of para-hydroxylation sites is 1. The van der Waals surface area contributed by atoms with Gasteiger partial charge in [-0.05, 0) is 25.0 Å². The maximum atomic E-state index is 12.0. The Labute approximate surface area is 138 Å². The molecule has 124 valence electrons. The highest BCUT2D eigenvalue weighted by Crippen LogP contribution is 2.17. The van der Waals surface area contributed by atoms with Crippen molar-refractivity contribution >= 4 is 18.3 Å². The molecule has 6 heteroatoms. The number of ether oxygens (including phenoxy) is 1. The number of nitrogens with one attached hydrogen (secondary N) is 2. The third-order valence-corrected chi connectivity index (χ3v) is 3.89. The second-order valence-electron chi connectivity index (χ2n) is 5.44. The molecule has 1 atom stereocenters. The molecule has 1 amide bonds. The minimum absolute atomic E-state index is 0. The van der Waals surface area contributed by atoms with Gasteiger partial charge in [-0.1, -0.05) is 18.2 Å². The van der Waals surface area contributed by atoms with Crippen molar-refractivity contribution in [1.82, 2.24) is 15.5 Å². The molecular formula is C16H26ClN3O2. The summed E-state index contributed by atoms with van der Waals surface area (Å²) >= 11 is 0. The van der Waals surface area contributed by atoms with E-state index >= 15 is 0 Å². The lowest BCUT2D eigenvalue weighted by Crippen LogP contribution is -2.52. The van der Waals surface area contributed by atoms with Crippen molar-refractivity contribution in [2.45, 2.75) is 19.4 Å². The van der Waals surface area contributed by atoms with E-state index < -0.39 is 0 Å². The summed E-state index contributed by atoms with van der Waals surface area (Å²) in [7, 11) is 1.67. The Balaban J connectivity index is 0.00000242. The zero-order valence-electron chi connectivity index (χ0n) is 13.3. The number of methoxy groups -OCH3 is 1. The van der Waals surface area contributed by atoms with Crippen LogP contribution >= 0.6 is 12.4 Å². The van der Waals surface area contributed by atoms with Crippen LogP contribution < -0.4 is 15.4 Å². The number of amides is 1. The minimum Gasteiger partial charge on any atom is -0.496 e. The van der Waals surface area contributed by atoms with E-state index in [9.17, 15) is 4.79 Å². The summed E-state index contributed by atoms with van der Waals surface area (Å²) in [5.41, 5.74) is 1.12. The number of carbonyl (C=O) groups excluding carboxylic acids is 1. The average molecular weight is 328 g/mol. The Kier molecular flexibility index (Phi) is 8.24. The summed E-state index contributed by atoms with van der Waals surface area (Å²) in [5.74, 6) is 0.973. The van der Waals surface area contributed by atoms with Crippen molar-refractivity contribution in [3.05, 3.63) is 29.8 Å². The summed E-state index contributed by atoms with van der Waals surface area (Å²) in [6.45, 7) is 6.11. The van der Waals surface area contributed by atoms with Gasteiger partial charge in [-0.25, -0.2) is 0 Å². The highest BCUT2D eigenvalue weighted by molar-refractivity contribution is 5.85. The van der Waals surface area contributed by atoms with Gasteiger partial charge in [0.25, 0.3) is 0 Å². The van der Waals surface area contributed by atoms with Crippen LogP contribution in [0.15, 0.2) is 24.3 Å². The van der Waals surface area contributed by atoms with E-state index in [1.54, 1.807) is 7.11 Å². The van der Waals surface area contributed by atoms with Crippen LogP contribution in [0.2, 0.25) is 0 Å². The van der Waals surface area contributed by atoms with Crippen LogP contribution in [0.5, 0.6) is 5.75 Å². The summed E-state index contributed by atoms with van der Waals surface area (Å²) in [5, 5.41) is 6.32. The van der Waals surface area contributed by atoms with E-state index in [0.29, 0.717) is 19.1 Å². The number of hydrogen-bond donors (Lipinski definition) is 2. The third kappa shape index (κ3) is 5.48. The number of rotatable bonds is 6.